The molecule has 1 unspecified atom stereocenters. The topological polar surface area (TPSA) is 98.9 Å². The van der Waals surface area contributed by atoms with Crippen molar-refractivity contribution in [2.75, 3.05) is 19.7 Å². The number of likely N-dealkylation sites (tertiary alicyclic amines) is 1. The maximum absolute atomic E-state index is 13.6. The van der Waals surface area contributed by atoms with E-state index in [-0.39, 0.29) is 42.6 Å². The summed E-state index contributed by atoms with van der Waals surface area (Å²) in [4.78, 5) is 29.2. The smallest absolute Gasteiger partial charge is 0.318 e. The molecule has 2 heterocycles. The molecule has 0 radical (unpaired) electrons. The first kappa shape index (κ1) is 23.5. The number of carbonyl (C=O) groups excluding carboxylic acids is 2. The Balaban J connectivity index is 1.42. The number of hydrogen-bond acceptors (Lipinski definition) is 5. The van der Waals surface area contributed by atoms with E-state index in [1.807, 2.05) is 11.8 Å². The summed E-state index contributed by atoms with van der Waals surface area (Å²) >= 11 is 5.92. The first-order chi connectivity index (χ1) is 15.8. The first-order valence-electron chi connectivity index (χ1n) is 11.2. The highest BCUT2D eigenvalue weighted by Gasteiger charge is 2.46. The quantitative estimate of drug-likeness (QED) is 0.633. The van der Waals surface area contributed by atoms with Crippen LogP contribution in [-0.4, -0.2) is 63.3 Å². The predicted molar refractivity (Wildman–Crippen MR) is 120 cm³/mol. The minimum absolute atomic E-state index is 0.0915. The monoisotopic (exact) mass is 478 g/mol. The number of halogens is 2. The van der Waals surface area contributed by atoms with Gasteiger partial charge in [-0.15, -0.1) is 0 Å². The zero-order valence-corrected chi connectivity index (χ0v) is 19.3. The lowest BCUT2D eigenvalue weighted by Crippen LogP contribution is -2.62. The number of carbonyl (C=O) groups is 2. The lowest BCUT2D eigenvalue weighted by atomic mass is 9.88. The van der Waals surface area contributed by atoms with Crippen molar-refractivity contribution in [2.24, 2.45) is 0 Å². The molecule has 1 aromatic heterocycles. The predicted octanol–water partition coefficient (Wildman–Crippen LogP) is 3.57. The van der Waals surface area contributed by atoms with Gasteiger partial charge in [0.05, 0.1) is 18.7 Å². The van der Waals surface area contributed by atoms with Gasteiger partial charge in [0.2, 0.25) is 5.91 Å². The van der Waals surface area contributed by atoms with Crippen LogP contribution in [0.25, 0.3) is 11.3 Å². The van der Waals surface area contributed by atoms with Crippen molar-refractivity contribution in [1.82, 2.24) is 20.3 Å². The minimum Gasteiger partial charge on any atom is -0.396 e. The molecule has 2 aliphatic rings. The summed E-state index contributed by atoms with van der Waals surface area (Å²) in [6.07, 6.45) is 3.55. The van der Waals surface area contributed by atoms with Crippen LogP contribution in [0.5, 0.6) is 0 Å². The fourth-order valence-corrected chi connectivity index (χ4v) is 4.77. The van der Waals surface area contributed by atoms with Crippen molar-refractivity contribution >= 4 is 23.5 Å². The van der Waals surface area contributed by atoms with E-state index in [2.05, 4.69) is 10.5 Å². The molecule has 2 aromatic rings. The van der Waals surface area contributed by atoms with E-state index in [0.717, 1.165) is 25.7 Å². The van der Waals surface area contributed by atoms with Crippen molar-refractivity contribution < 1.29 is 23.6 Å². The fraction of sp³-hybridized carbons (Fsp3) is 0.522. The molecule has 10 heteroatoms. The van der Waals surface area contributed by atoms with Gasteiger partial charge in [-0.2, -0.15) is 0 Å². The number of piperidine rings is 1. The molecule has 1 saturated carbocycles. The Bertz CT molecular complexity index is 1010. The van der Waals surface area contributed by atoms with Crippen LogP contribution in [-0.2, 0) is 11.3 Å². The molecule has 3 amide bonds. The number of urea groups is 1. The van der Waals surface area contributed by atoms with Crippen LogP contribution in [0.1, 0.15) is 44.8 Å². The van der Waals surface area contributed by atoms with Crippen molar-refractivity contribution in [3.8, 4) is 11.3 Å². The van der Waals surface area contributed by atoms with Gasteiger partial charge in [-0.1, -0.05) is 16.8 Å². The van der Waals surface area contributed by atoms with Crippen LogP contribution >= 0.6 is 11.6 Å². The molecule has 2 fully saturated rings. The van der Waals surface area contributed by atoms with Gasteiger partial charge in [-0.25, -0.2) is 9.18 Å². The second kappa shape index (κ2) is 9.69. The molecule has 1 saturated heterocycles. The van der Waals surface area contributed by atoms with E-state index in [1.165, 1.54) is 12.1 Å². The molecular weight excluding hydrogens is 451 g/mol. The number of nitrogens with one attached hydrogen (secondary N) is 1. The highest BCUT2D eigenvalue weighted by molar-refractivity contribution is 6.30. The van der Waals surface area contributed by atoms with Gasteiger partial charge in [0.1, 0.15) is 11.5 Å². The Kier molecular flexibility index (Phi) is 6.90. The summed E-state index contributed by atoms with van der Waals surface area (Å²) in [5.41, 5.74) is 0.430. The summed E-state index contributed by atoms with van der Waals surface area (Å²) < 4.78 is 19.0. The van der Waals surface area contributed by atoms with E-state index >= 15 is 0 Å². The number of aliphatic hydroxyl groups is 1. The summed E-state index contributed by atoms with van der Waals surface area (Å²) in [5, 5.41) is 16.2. The van der Waals surface area contributed by atoms with E-state index < -0.39 is 11.4 Å². The number of aromatic nitrogens is 1. The first-order valence-corrected chi connectivity index (χ1v) is 11.5. The summed E-state index contributed by atoms with van der Waals surface area (Å²) in [6.45, 7) is 3.05. The largest absolute Gasteiger partial charge is 0.396 e. The molecule has 1 aliphatic heterocycles. The van der Waals surface area contributed by atoms with Gasteiger partial charge in [0, 0.05) is 42.2 Å². The van der Waals surface area contributed by atoms with Gasteiger partial charge in [0.25, 0.3) is 0 Å². The number of aliphatic hydroxyl groups excluding tert-OH is 1. The van der Waals surface area contributed by atoms with Crippen molar-refractivity contribution in [3.63, 3.8) is 0 Å². The Morgan fingerprint density at radius 3 is 2.85 bits per heavy atom. The molecule has 1 aliphatic carbocycles. The van der Waals surface area contributed by atoms with Crippen LogP contribution in [0.2, 0.25) is 5.02 Å². The summed E-state index contributed by atoms with van der Waals surface area (Å²) in [5.74, 6) is -0.128. The molecule has 1 aromatic carbocycles. The van der Waals surface area contributed by atoms with Gasteiger partial charge in [-0.05, 0) is 50.8 Å². The van der Waals surface area contributed by atoms with Crippen LogP contribution < -0.4 is 5.32 Å². The lowest BCUT2D eigenvalue weighted by molar-refractivity contribution is -0.135. The number of benzene rings is 1. The Hall–Kier alpha value is -2.65. The van der Waals surface area contributed by atoms with E-state index in [0.29, 0.717) is 30.1 Å². The van der Waals surface area contributed by atoms with Gasteiger partial charge >= 0.3 is 6.03 Å². The molecule has 8 nitrogen and oxygen atoms in total. The zero-order chi connectivity index (χ0) is 23.6. The third-order valence-electron chi connectivity index (χ3n) is 6.20. The third kappa shape index (κ3) is 5.47. The van der Waals surface area contributed by atoms with Gasteiger partial charge in [0.15, 0.2) is 5.76 Å². The standard InChI is InChI=1S/C23H28ClFN4O4/c1-23(6-2-7-28(14-23)21(31)5-8-30)29(18-3-4-18)22(32)26-13-19-12-20(27-33-19)15-9-16(24)11-17(25)10-15/h9-12,18,30H,2-8,13-14H2,1H3,(H,26,32). The zero-order valence-electron chi connectivity index (χ0n) is 18.5. The second-order valence-electron chi connectivity index (χ2n) is 8.99. The second-order valence-corrected chi connectivity index (χ2v) is 9.42. The number of nitrogens with zero attached hydrogens (tertiary/aromatic N) is 3. The average Bonchev–Trinajstić information content (AvgIpc) is 3.46. The van der Waals surface area contributed by atoms with E-state index in [9.17, 15) is 14.0 Å². The van der Waals surface area contributed by atoms with Gasteiger partial charge < -0.3 is 24.7 Å². The van der Waals surface area contributed by atoms with Crippen molar-refractivity contribution in [2.45, 2.75) is 57.2 Å². The van der Waals surface area contributed by atoms with Crippen LogP contribution in [0.4, 0.5) is 9.18 Å². The van der Waals surface area contributed by atoms with Crippen molar-refractivity contribution in [3.05, 3.63) is 40.9 Å². The van der Waals surface area contributed by atoms with Crippen molar-refractivity contribution in [1.29, 1.82) is 0 Å². The lowest BCUT2D eigenvalue weighted by Gasteiger charge is -2.47. The molecule has 0 bridgehead atoms. The Morgan fingerprint density at radius 2 is 2.15 bits per heavy atom. The minimum atomic E-state index is -0.487. The molecular formula is C23H28ClFN4O4. The number of rotatable bonds is 7. The molecule has 4 rings (SSSR count). The maximum Gasteiger partial charge on any atom is 0.318 e. The maximum atomic E-state index is 13.6. The van der Waals surface area contributed by atoms with E-state index in [4.69, 9.17) is 21.2 Å². The normalized spacial score (nSPS) is 20.5. The summed E-state index contributed by atoms with van der Waals surface area (Å²) in [6, 6.07) is 5.68. The highest BCUT2D eigenvalue weighted by atomic mass is 35.5. The average molecular weight is 479 g/mol. The van der Waals surface area contributed by atoms with Crippen LogP contribution in [0.15, 0.2) is 28.8 Å². The molecule has 178 valence electrons. The Labute approximate surface area is 196 Å². The summed E-state index contributed by atoms with van der Waals surface area (Å²) in [7, 11) is 0. The number of amides is 3. The van der Waals surface area contributed by atoms with Gasteiger partial charge in [-0.3, -0.25) is 4.79 Å². The molecule has 1 atom stereocenters. The van der Waals surface area contributed by atoms with Crippen LogP contribution in [0, 0.1) is 5.82 Å². The Morgan fingerprint density at radius 1 is 1.36 bits per heavy atom. The SMILES string of the molecule is CC1(N(C(=O)NCc2cc(-c3cc(F)cc(Cl)c3)no2)C2CC2)CCCN(C(=O)CCO)C1. The molecule has 0 spiro atoms. The highest BCUT2D eigenvalue weighted by Crippen LogP contribution is 2.37. The fourth-order valence-electron chi connectivity index (χ4n) is 4.55. The number of hydrogen-bond donors (Lipinski definition) is 2. The molecule has 2 N–H and O–H groups in total. The van der Waals surface area contributed by atoms with E-state index in [1.54, 1.807) is 17.0 Å². The third-order valence-corrected chi connectivity index (χ3v) is 6.42. The van der Waals surface area contributed by atoms with Crippen LogP contribution in [0.3, 0.4) is 0 Å². The molecule has 33 heavy (non-hydrogen) atoms.